The highest BCUT2D eigenvalue weighted by Gasteiger charge is 2.17. The quantitative estimate of drug-likeness (QED) is 0.0182. The zero-order chi connectivity index (χ0) is 52.3. The van der Waals surface area contributed by atoms with Crippen molar-refractivity contribution in [2.45, 2.75) is 57.1 Å². The Balaban J connectivity index is 0.00000374. The number of rotatable bonds is 30. The minimum atomic E-state index is -3.80. The molecule has 8 rings (SSSR count). The molecule has 416 valence electrons. The van der Waals surface area contributed by atoms with Crippen LogP contribution in [0.3, 0.4) is 0 Å². The third-order valence-corrected chi connectivity index (χ3v) is 14.1. The molecule has 6 N–H and O–H groups in total. The lowest BCUT2D eigenvalue weighted by molar-refractivity contribution is -0.130. The standard InChI is InChI=1S/C55H58N6O12S2.3CH4/c62-46(31-56-27-25-40-9-13-44(14-10-40)60-74(64,65)52-29-42-5-1-3-7-54(42)58-33-52)35-70-48-17-21-50(22-18-48)72-38-68-37-69-39-73-51-23-19-49(20-24-51)71-36-47(63)32-57-28-26-41-11-15-45(16-12-41)61-75(66,67)53-30-43-6-2-4-8-55(43)59-34-53;;;/h1-24,29-30,33-34,46-47,56-57,60-63H,25-28,31-32,35-39H2;3*1H4. The first kappa shape index (κ1) is 61.5. The fourth-order valence-electron chi connectivity index (χ4n) is 7.42. The maximum absolute atomic E-state index is 12.9. The second-order valence-electron chi connectivity index (χ2n) is 17.2. The van der Waals surface area contributed by atoms with Crippen molar-refractivity contribution in [3.63, 3.8) is 0 Å². The van der Waals surface area contributed by atoms with Crippen LogP contribution in [-0.2, 0) is 42.4 Å². The number of hydrogen-bond donors (Lipinski definition) is 6. The average molecular weight is 1110 g/mol. The van der Waals surface area contributed by atoms with E-state index in [-0.39, 0.29) is 65.7 Å². The van der Waals surface area contributed by atoms with Crippen molar-refractivity contribution in [1.29, 1.82) is 0 Å². The molecule has 0 spiro atoms. The number of nitrogens with one attached hydrogen (secondary N) is 4. The van der Waals surface area contributed by atoms with Crippen LogP contribution in [0.15, 0.2) is 180 Å². The average Bonchev–Trinajstić information content (AvgIpc) is 3.45. The van der Waals surface area contributed by atoms with Gasteiger partial charge >= 0.3 is 0 Å². The Morgan fingerprint density at radius 1 is 0.449 bits per heavy atom. The summed E-state index contributed by atoms with van der Waals surface area (Å²) in [7, 11) is -7.61. The number of aliphatic hydroxyl groups excluding tert-OH is 2. The van der Waals surface area contributed by atoms with Gasteiger partial charge in [-0.05, 0) is 134 Å². The second-order valence-corrected chi connectivity index (χ2v) is 20.5. The number of benzene rings is 6. The molecule has 78 heavy (non-hydrogen) atoms. The van der Waals surface area contributed by atoms with E-state index in [1.165, 1.54) is 12.4 Å². The van der Waals surface area contributed by atoms with Gasteiger partial charge in [0.1, 0.15) is 58.2 Å². The van der Waals surface area contributed by atoms with Crippen molar-refractivity contribution in [3.8, 4) is 23.0 Å². The molecule has 18 nitrogen and oxygen atoms in total. The number of sulfonamides is 2. The number of aliphatic hydroxyl groups is 2. The number of ether oxygens (including phenoxy) is 6. The molecule has 0 saturated heterocycles. The number of para-hydroxylation sites is 2. The van der Waals surface area contributed by atoms with Crippen LogP contribution in [0.25, 0.3) is 21.8 Å². The van der Waals surface area contributed by atoms with Crippen LogP contribution < -0.4 is 39.0 Å². The zero-order valence-corrected chi connectivity index (χ0v) is 42.4. The summed E-state index contributed by atoms with van der Waals surface area (Å²) in [6.07, 6.45) is 2.57. The lowest BCUT2D eigenvalue weighted by Gasteiger charge is -2.14. The fraction of sp³-hybridized carbons (Fsp3) is 0.276. The van der Waals surface area contributed by atoms with E-state index in [1.54, 1.807) is 84.9 Å². The molecule has 6 aromatic carbocycles. The van der Waals surface area contributed by atoms with E-state index in [4.69, 9.17) is 28.4 Å². The van der Waals surface area contributed by atoms with Crippen LogP contribution in [0.5, 0.6) is 23.0 Å². The van der Waals surface area contributed by atoms with Crippen molar-refractivity contribution >= 4 is 53.2 Å². The van der Waals surface area contributed by atoms with Crippen molar-refractivity contribution < 1.29 is 55.5 Å². The molecule has 2 unspecified atom stereocenters. The first-order valence-electron chi connectivity index (χ1n) is 24.0. The first-order chi connectivity index (χ1) is 36.4. The molecule has 2 atom stereocenters. The number of fused-ring (bicyclic) bond motifs is 2. The summed E-state index contributed by atoms with van der Waals surface area (Å²) >= 11 is 0. The van der Waals surface area contributed by atoms with E-state index >= 15 is 0 Å². The molecule has 0 aliphatic rings. The summed E-state index contributed by atoms with van der Waals surface area (Å²) in [5.74, 6) is 2.25. The lowest BCUT2D eigenvalue weighted by atomic mass is 10.1. The summed E-state index contributed by atoms with van der Waals surface area (Å²) in [6.45, 7) is 1.85. The van der Waals surface area contributed by atoms with Gasteiger partial charge in [0.2, 0.25) is 0 Å². The highest BCUT2D eigenvalue weighted by atomic mass is 32.2. The molecule has 20 heteroatoms. The molecule has 0 amide bonds. The third kappa shape index (κ3) is 19.0. The third-order valence-electron chi connectivity index (χ3n) is 11.4. The number of hydrogen-bond acceptors (Lipinski definition) is 16. The highest BCUT2D eigenvalue weighted by molar-refractivity contribution is 7.93. The first-order valence-corrected chi connectivity index (χ1v) is 27.0. The second kappa shape index (κ2) is 30.5. The normalized spacial score (nSPS) is 12.0. The van der Waals surface area contributed by atoms with Gasteiger partial charge in [-0.25, -0.2) is 16.8 Å². The Morgan fingerprint density at radius 2 is 0.808 bits per heavy atom. The molecular formula is C58H70N6O12S2. The van der Waals surface area contributed by atoms with E-state index in [1.807, 2.05) is 72.8 Å². The maximum Gasteiger partial charge on any atom is 0.263 e. The van der Waals surface area contributed by atoms with Crippen LogP contribution in [0.2, 0.25) is 0 Å². The van der Waals surface area contributed by atoms with Gasteiger partial charge in [-0.3, -0.25) is 19.4 Å². The van der Waals surface area contributed by atoms with Crippen molar-refractivity contribution in [2.75, 3.05) is 69.2 Å². The molecule has 2 heterocycles. The highest BCUT2D eigenvalue weighted by Crippen LogP contribution is 2.23. The molecule has 0 saturated carbocycles. The van der Waals surface area contributed by atoms with Crippen LogP contribution in [0, 0.1) is 0 Å². The Hall–Kier alpha value is -7.40. The smallest absolute Gasteiger partial charge is 0.263 e. The molecule has 0 bridgehead atoms. The Kier molecular flexibility index (Phi) is 24.0. The summed E-state index contributed by atoms with van der Waals surface area (Å²) in [6, 6.07) is 46.0. The maximum atomic E-state index is 12.9. The van der Waals surface area contributed by atoms with E-state index in [0.717, 1.165) is 32.9 Å². The Morgan fingerprint density at radius 3 is 1.19 bits per heavy atom. The minimum absolute atomic E-state index is 0. The predicted octanol–water partition coefficient (Wildman–Crippen LogP) is 8.80. The van der Waals surface area contributed by atoms with Gasteiger partial charge < -0.3 is 49.3 Å². The Bertz CT molecular complexity index is 3070. The molecule has 0 aliphatic heterocycles. The number of pyridine rings is 2. The SMILES string of the molecule is C.C.C.O=S(=O)(Nc1ccc(CCNCC(O)COc2ccc(OCOCOCOc3ccc(OCC(O)CNCCc4ccc(NS(=O)(=O)c5cnc6ccccc6c5)cc4)cc3)cc2)cc1)c1cnc2ccccc2c1. The minimum Gasteiger partial charge on any atom is -0.491 e. The van der Waals surface area contributed by atoms with Crippen molar-refractivity contribution in [3.05, 3.63) is 181 Å². The summed E-state index contributed by atoms with van der Waals surface area (Å²) < 4.78 is 90.4. The van der Waals surface area contributed by atoms with E-state index < -0.39 is 32.3 Å². The monoisotopic (exact) mass is 1110 g/mol. The van der Waals surface area contributed by atoms with Crippen LogP contribution in [0.1, 0.15) is 33.4 Å². The Labute approximate surface area is 457 Å². The van der Waals surface area contributed by atoms with Gasteiger partial charge in [0.15, 0.2) is 20.4 Å². The number of nitrogens with zero attached hydrogens (tertiary/aromatic N) is 2. The topological polar surface area (TPSA) is 238 Å². The van der Waals surface area contributed by atoms with E-state index in [0.29, 0.717) is 73.4 Å². The van der Waals surface area contributed by atoms with Crippen molar-refractivity contribution in [2.24, 2.45) is 0 Å². The van der Waals surface area contributed by atoms with Crippen LogP contribution >= 0.6 is 0 Å². The molecule has 8 aromatic rings. The molecule has 0 radical (unpaired) electrons. The molecule has 2 aromatic heterocycles. The summed E-state index contributed by atoms with van der Waals surface area (Å²) in [4.78, 5) is 8.69. The fourth-order valence-corrected chi connectivity index (χ4v) is 9.49. The zero-order valence-electron chi connectivity index (χ0n) is 40.8. The molecule has 0 aliphatic carbocycles. The predicted molar refractivity (Wildman–Crippen MR) is 305 cm³/mol. The summed E-state index contributed by atoms with van der Waals surface area (Å²) in [5, 5.41) is 28.8. The lowest BCUT2D eigenvalue weighted by Crippen LogP contribution is -2.32. The largest absolute Gasteiger partial charge is 0.491 e. The van der Waals surface area contributed by atoms with Gasteiger partial charge in [0.25, 0.3) is 20.0 Å². The van der Waals surface area contributed by atoms with Crippen LogP contribution in [0.4, 0.5) is 11.4 Å². The van der Waals surface area contributed by atoms with Gasteiger partial charge in [-0.1, -0.05) is 82.9 Å². The van der Waals surface area contributed by atoms with Crippen molar-refractivity contribution in [1.82, 2.24) is 20.6 Å². The molecule has 0 fully saturated rings. The van der Waals surface area contributed by atoms with E-state index in [9.17, 15) is 27.0 Å². The number of anilines is 2. The van der Waals surface area contributed by atoms with Crippen LogP contribution in [-0.4, -0.2) is 109 Å². The van der Waals surface area contributed by atoms with E-state index in [2.05, 4.69) is 30.0 Å². The van der Waals surface area contributed by atoms with Gasteiger partial charge in [-0.2, -0.15) is 0 Å². The van der Waals surface area contributed by atoms with Gasteiger partial charge in [-0.15, -0.1) is 0 Å². The summed E-state index contributed by atoms with van der Waals surface area (Å²) in [5.41, 5.74) is 4.35. The number of aromatic nitrogens is 2. The molecular weight excluding hydrogens is 1040 g/mol. The van der Waals surface area contributed by atoms with Gasteiger partial charge in [0, 0.05) is 47.6 Å². The van der Waals surface area contributed by atoms with Gasteiger partial charge in [0.05, 0.1) is 11.0 Å².